The van der Waals surface area contributed by atoms with Crippen LogP contribution in [0, 0.1) is 13.8 Å². The SMILES string of the molecule is Cc1ccc(OCc2nc3ccccc3n2CCO)cc1C. The average molecular weight is 296 g/mol. The Morgan fingerprint density at radius 1 is 1.09 bits per heavy atom. The normalized spacial score (nSPS) is 11.0. The molecule has 114 valence electrons. The molecule has 1 aromatic heterocycles. The van der Waals surface area contributed by atoms with Crippen molar-refractivity contribution in [1.82, 2.24) is 9.55 Å². The van der Waals surface area contributed by atoms with Crippen molar-refractivity contribution in [1.29, 1.82) is 0 Å². The first-order valence-electron chi connectivity index (χ1n) is 7.44. The third-order valence-corrected chi connectivity index (χ3v) is 3.90. The number of benzene rings is 2. The van der Waals surface area contributed by atoms with E-state index in [9.17, 15) is 5.11 Å². The van der Waals surface area contributed by atoms with Gasteiger partial charge in [-0.3, -0.25) is 0 Å². The zero-order valence-corrected chi connectivity index (χ0v) is 12.9. The molecule has 3 aromatic rings. The summed E-state index contributed by atoms with van der Waals surface area (Å²) in [6.45, 7) is 5.14. The topological polar surface area (TPSA) is 47.3 Å². The number of aromatic nitrogens is 2. The molecule has 1 N–H and O–H groups in total. The highest BCUT2D eigenvalue weighted by Gasteiger charge is 2.10. The van der Waals surface area contributed by atoms with Crippen LogP contribution in [0.2, 0.25) is 0 Å². The van der Waals surface area contributed by atoms with Gasteiger partial charge in [0, 0.05) is 6.54 Å². The average Bonchev–Trinajstić information content (AvgIpc) is 2.87. The molecule has 0 unspecified atom stereocenters. The van der Waals surface area contributed by atoms with E-state index < -0.39 is 0 Å². The molecule has 4 nitrogen and oxygen atoms in total. The fraction of sp³-hybridized carbons (Fsp3) is 0.278. The van der Waals surface area contributed by atoms with Gasteiger partial charge in [0.25, 0.3) is 0 Å². The Labute approximate surface area is 130 Å². The molecule has 0 spiro atoms. The fourth-order valence-electron chi connectivity index (χ4n) is 2.54. The van der Waals surface area contributed by atoms with Gasteiger partial charge in [-0.1, -0.05) is 18.2 Å². The summed E-state index contributed by atoms with van der Waals surface area (Å²) in [5.74, 6) is 1.67. The first-order valence-corrected chi connectivity index (χ1v) is 7.44. The molecule has 0 fully saturated rings. The standard InChI is InChI=1S/C18H20N2O2/c1-13-7-8-15(11-14(13)2)22-12-18-19-16-5-3-4-6-17(16)20(18)9-10-21/h3-8,11,21H,9-10,12H2,1-2H3. The third kappa shape index (κ3) is 2.83. The van der Waals surface area contributed by atoms with Crippen LogP contribution < -0.4 is 4.74 Å². The Kier molecular flexibility index (Phi) is 4.11. The van der Waals surface area contributed by atoms with E-state index in [0.29, 0.717) is 13.2 Å². The molecule has 1 heterocycles. The summed E-state index contributed by atoms with van der Waals surface area (Å²) < 4.78 is 7.89. The highest BCUT2D eigenvalue weighted by atomic mass is 16.5. The second-order valence-corrected chi connectivity index (χ2v) is 5.43. The van der Waals surface area contributed by atoms with Crippen molar-refractivity contribution >= 4 is 11.0 Å². The zero-order valence-electron chi connectivity index (χ0n) is 12.9. The summed E-state index contributed by atoms with van der Waals surface area (Å²) in [4.78, 5) is 4.61. The van der Waals surface area contributed by atoms with Crippen LogP contribution >= 0.6 is 0 Å². The number of hydrogen-bond donors (Lipinski definition) is 1. The van der Waals surface area contributed by atoms with Gasteiger partial charge in [-0.05, 0) is 49.2 Å². The maximum atomic E-state index is 9.28. The molecule has 0 atom stereocenters. The lowest BCUT2D eigenvalue weighted by Gasteiger charge is -2.10. The van der Waals surface area contributed by atoms with Crippen LogP contribution in [0.5, 0.6) is 5.75 Å². The maximum Gasteiger partial charge on any atom is 0.148 e. The third-order valence-electron chi connectivity index (χ3n) is 3.90. The van der Waals surface area contributed by atoms with Crippen LogP contribution in [0.4, 0.5) is 0 Å². The van der Waals surface area contributed by atoms with Crippen LogP contribution in [-0.2, 0) is 13.2 Å². The largest absolute Gasteiger partial charge is 0.486 e. The molecule has 0 amide bonds. The first kappa shape index (κ1) is 14.6. The Bertz CT molecular complexity index is 793. The Balaban J connectivity index is 1.86. The number of ether oxygens (including phenoxy) is 1. The van der Waals surface area contributed by atoms with E-state index in [1.54, 1.807) is 0 Å². The number of aryl methyl sites for hydroxylation is 2. The van der Waals surface area contributed by atoms with E-state index in [4.69, 9.17) is 4.74 Å². The van der Waals surface area contributed by atoms with Gasteiger partial charge >= 0.3 is 0 Å². The van der Waals surface area contributed by atoms with Gasteiger partial charge in [0.2, 0.25) is 0 Å². The Hall–Kier alpha value is -2.33. The molecule has 2 aromatic carbocycles. The van der Waals surface area contributed by atoms with E-state index in [-0.39, 0.29) is 6.61 Å². The second kappa shape index (κ2) is 6.20. The molecule has 0 aliphatic heterocycles. The number of aliphatic hydroxyl groups is 1. The summed E-state index contributed by atoms with van der Waals surface area (Å²) in [6.07, 6.45) is 0. The monoisotopic (exact) mass is 296 g/mol. The van der Waals surface area contributed by atoms with E-state index in [0.717, 1.165) is 22.6 Å². The minimum Gasteiger partial charge on any atom is -0.486 e. The number of fused-ring (bicyclic) bond motifs is 1. The number of para-hydroxylation sites is 2. The quantitative estimate of drug-likeness (QED) is 0.786. The molecule has 22 heavy (non-hydrogen) atoms. The van der Waals surface area contributed by atoms with Gasteiger partial charge in [-0.25, -0.2) is 4.98 Å². The molecule has 0 radical (unpaired) electrons. The minimum absolute atomic E-state index is 0.0804. The van der Waals surface area contributed by atoms with Crippen LogP contribution in [0.1, 0.15) is 17.0 Å². The Morgan fingerprint density at radius 2 is 1.91 bits per heavy atom. The smallest absolute Gasteiger partial charge is 0.148 e. The molecule has 0 saturated heterocycles. The lowest BCUT2D eigenvalue weighted by molar-refractivity contribution is 0.260. The second-order valence-electron chi connectivity index (χ2n) is 5.43. The van der Waals surface area contributed by atoms with Gasteiger partial charge < -0.3 is 14.4 Å². The number of aliphatic hydroxyl groups excluding tert-OH is 1. The highest BCUT2D eigenvalue weighted by molar-refractivity contribution is 5.75. The molecular weight excluding hydrogens is 276 g/mol. The molecule has 0 bridgehead atoms. The van der Waals surface area contributed by atoms with Gasteiger partial charge in [-0.2, -0.15) is 0 Å². The first-order chi connectivity index (χ1) is 10.7. The van der Waals surface area contributed by atoms with Crippen LogP contribution in [-0.4, -0.2) is 21.3 Å². The van der Waals surface area contributed by atoms with Crippen LogP contribution in [0.15, 0.2) is 42.5 Å². The number of nitrogens with zero attached hydrogens (tertiary/aromatic N) is 2. The van der Waals surface area contributed by atoms with E-state index in [2.05, 4.69) is 24.9 Å². The lowest BCUT2D eigenvalue weighted by Crippen LogP contribution is -2.09. The van der Waals surface area contributed by atoms with Gasteiger partial charge in [0.15, 0.2) is 0 Å². The molecule has 0 saturated carbocycles. The van der Waals surface area contributed by atoms with Crippen molar-refractivity contribution < 1.29 is 9.84 Å². The molecule has 3 rings (SSSR count). The summed E-state index contributed by atoms with van der Waals surface area (Å²) in [5, 5.41) is 9.28. The summed E-state index contributed by atoms with van der Waals surface area (Å²) in [6, 6.07) is 14.0. The van der Waals surface area contributed by atoms with Crippen molar-refractivity contribution in [2.45, 2.75) is 27.0 Å². The molecule has 4 heteroatoms. The van der Waals surface area contributed by atoms with Gasteiger partial charge in [-0.15, -0.1) is 0 Å². The molecule has 0 aliphatic carbocycles. The van der Waals surface area contributed by atoms with Crippen molar-refractivity contribution in [3.8, 4) is 5.75 Å². The van der Waals surface area contributed by atoms with Crippen molar-refractivity contribution in [2.75, 3.05) is 6.61 Å². The van der Waals surface area contributed by atoms with E-state index in [1.165, 1.54) is 11.1 Å². The van der Waals surface area contributed by atoms with Crippen LogP contribution in [0.25, 0.3) is 11.0 Å². The summed E-state index contributed by atoms with van der Waals surface area (Å²) >= 11 is 0. The van der Waals surface area contributed by atoms with Gasteiger partial charge in [0.1, 0.15) is 18.2 Å². The minimum atomic E-state index is 0.0804. The van der Waals surface area contributed by atoms with Crippen molar-refractivity contribution in [3.63, 3.8) is 0 Å². The number of hydrogen-bond acceptors (Lipinski definition) is 3. The number of imidazole rings is 1. The predicted molar refractivity (Wildman–Crippen MR) is 87.1 cm³/mol. The molecular formula is C18H20N2O2. The Morgan fingerprint density at radius 3 is 2.68 bits per heavy atom. The highest BCUT2D eigenvalue weighted by Crippen LogP contribution is 2.20. The van der Waals surface area contributed by atoms with Crippen molar-refractivity contribution in [3.05, 3.63) is 59.4 Å². The predicted octanol–water partition coefficient (Wildman–Crippen LogP) is 3.22. The summed E-state index contributed by atoms with van der Waals surface area (Å²) in [7, 11) is 0. The van der Waals surface area contributed by atoms with E-state index in [1.807, 2.05) is 41.0 Å². The lowest BCUT2D eigenvalue weighted by atomic mass is 10.1. The fourth-order valence-corrected chi connectivity index (χ4v) is 2.54. The van der Waals surface area contributed by atoms with Crippen LogP contribution in [0.3, 0.4) is 0 Å². The van der Waals surface area contributed by atoms with Gasteiger partial charge in [0.05, 0.1) is 17.6 Å². The van der Waals surface area contributed by atoms with E-state index >= 15 is 0 Å². The molecule has 0 aliphatic rings. The van der Waals surface area contributed by atoms with Crippen molar-refractivity contribution in [2.24, 2.45) is 0 Å². The summed E-state index contributed by atoms with van der Waals surface area (Å²) in [5.41, 5.74) is 4.41. The zero-order chi connectivity index (χ0) is 15.5. The maximum absolute atomic E-state index is 9.28. The number of rotatable bonds is 5.